The molecule has 0 saturated carbocycles. The van der Waals surface area contributed by atoms with E-state index in [0.29, 0.717) is 0 Å². The van der Waals surface area contributed by atoms with Crippen molar-refractivity contribution in [1.29, 1.82) is 0 Å². The van der Waals surface area contributed by atoms with Crippen molar-refractivity contribution in [2.75, 3.05) is 7.05 Å². The summed E-state index contributed by atoms with van der Waals surface area (Å²) in [5.41, 5.74) is 2.60. The van der Waals surface area contributed by atoms with Gasteiger partial charge in [0, 0.05) is 18.4 Å². The number of allylic oxidation sites excluding steroid dienone is 4. The molecule has 1 aliphatic heterocycles. The Morgan fingerprint density at radius 2 is 2.23 bits per heavy atom. The van der Waals surface area contributed by atoms with Crippen molar-refractivity contribution >= 4 is 14.6 Å². The summed E-state index contributed by atoms with van der Waals surface area (Å²) in [7, 11) is 6.34. The normalized spacial score (nSPS) is 18.8. The topological polar surface area (TPSA) is 3.24 Å². The van der Waals surface area contributed by atoms with Crippen LogP contribution in [0.3, 0.4) is 0 Å². The molecule has 0 aromatic carbocycles. The molecule has 0 spiro atoms. The molecule has 0 bridgehead atoms. The molecule has 2 radical (unpaired) electrons. The molecule has 0 unspecified atom stereocenters. The Kier molecular flexibility index (Phi) is 3.94. The van der Waals surface area contributed by atoms with E-state index >= 15 is 0 Å². The lowest BCUT2D eigenvalue weighted by Crippen LogP contribution is -2.19. The van der Waals surface area contributed by atoms with Gasteiger partial charge in [0.2, 0.25) is 0 Å². The van der Waals surface area contributed by atoms with Crippen LogP contribution in [0.5, 0.6) is 0 Å². The highest BCUT2D eigenvalue weighted by atomic mass is 15.1. The Labute approximate surface area is 82.7 Å². The lowest BCUT2D eigenvalue weighted by molar-refractivity contribution is 0.533. The first-order valence-corrected chi connectivity index (χ1v) is 4.68. The molecule has 0 atom stereocenters. The minimum atomic E-state index is 1.03. The molecule has 1 aliphatic rings. The van der Waals surface area contributed by atoms with E-state index in [1.54, 1.807) is 0 Å². The molecule has 1 rings (SSSR count). The molecule has 0 saturated heterocycles. The van der Waals surface area contributed by atoms with Gasteiger partial charge in [0.25, 0.3) is 0 Å². The molecular formula is C10H15B2N. The van der Waals surface area contributed by atoms with Crippen LogP contribution >= 0.6 is 0 Å². The second-order valence-corrected chi connectivity index (χ2v) is 3.11. The van der Waals surface area contributed by atoms with Crippen molar-refractivity contribution < 1.29 is 0 Å². The summed E-state index contributed by atoms with van der Waals surface area (Å²) in [6.07, 6.45) is 7.42. The molecule has 0 N–H and O–H groups in total. The number of hydrogen-bond acceptors (Lipinski definition) is 1. The fourth-order valence-corrected chi connectivity index (χ4v) is 1.40. The molecule has 0 aromatic heterocycles. The van der Waals surface area contributed by atoms with Gasteiger partial charge in [-0.3, -0.25) is 0 Å². The van der Waals surface area contributed by atoms with Crippen molar-refractivity contribution in [2.24, 2.45) is 0 Å². The smallest absolute Gasteiger partial charge is 0.140 e. The van der Waals surface area contributed by atoms with E-state index in [1.165, 1.54) is 11.4 Å². The van der Waals surface area contributed by atoms with Crippen molar-refractivity contribution in [3.63, 3.8) is 0 Å². The average molecular weight is 171 g/mol. The average Bonchev–Trinajstić information content (AvgIpc) is 2.13. The van der Waals surface area contributed by atoms with Gasteiger partial charge in [0.05, 0.1) is 0 Å². The predicted molar refractivity (Wildman–Crippen MR) is 61.1 cm³/mol. The maximum Gasteiger partial charge on any atom is 0.140 e. The van der Waals surface area contributed by atoms with Crippen LogP contribution in [0.4, 0.5) is 0 Å². The Hall–Kier alpha value is -0.850. The zero-order valence-electron chi connectivity index (χ0n) is 8.62. The van der Waals surface area contributed by atoms with E-state index in [1.807, 2.05) is 6.82 Å². The van der Waals surface area contributed by atoms with Gasteiger partial charge in [-0.15, -0.1) is 0 Å². The number of hydrogen-bond donors (Lipinski definition) is 0. The first kappa shape index (κ1) is 10.2. The van der Waals surface area contributed by atoms with Gasteiger partial charge >= 0.3 is 0 Å². The maximum atomic E-state index is 2.22. The van der Waals surface area contributed by atoms with Crippen LogP contribution < -0.4 is 0 Å². The molecule has 3 heteroatoms. The van der Waals surface area contributed by atoms with Gasteiger partial charge in [-0.1, -0.05) is 25.7 Å². The maximum absolute atomic E-state index is 2.22. The van der Waals surface area contributed by atoms with E-state index in [0.717, 1.165) is 6.32 Å². The van der Waals surface area contributed by atoms with Crippen molar-refractivity contribution in [3.05, 3.63) is 35.6 Å². The van der Waals surface area contributed by atoms with Crippen LogP contribution in [0.1, 0.15) is 0 Å². The van der Waals surface area contributed by atoms with Crippen molar-refractivity contribution in [2.45, 2.75) is 20.0 Å². The van der Waals surface area contributed by atoms with E-state index in [9.17, 15) is 0 Å². The van der Waals surface area contributed by atoms with Crippen molar-refractivity contribution in [1.82, 2.24) is 4.90 Å². The third-order valence-electron chi connectivity index (χ3n) is 2.12. The molecule has 1 heterocycles. The van der Waals surface area contributed by atoms with E-state index in [-0.39, 0.29) is 0 Å². The number of nitrogens with zero attached hydrogens (tertiary/aromatic N) is 1. The van der Waals surface area contributed by atoms with Crippen LogP contribution in [-0.2, 0) is 0 Å². The zero-order chi connectivity index (χ0) is 9.68. The molecule has 1 nitrogen and oxygen atoms in total. The van der Waals surface area contributed by atoms with E-state index < -0.39 is 0 Å². The minimum Gasteiger partial charge on any atom is -0.350 e. The molecule has 0 aromatic rings. The number of rotatable bonds is 3. The Morgan fingerprint density at radius 3 is 2.85 bits per heavy atom. The van der Waals surface area contributed by atoms with Crippen LogP contribution in [0.25, 0.3) is 0 Å². The zero-order valence-corrected chi connectivity index (χ0v) is 8.62. The molecule has 0 fully saturated rings. The molecule has 0 aliphatic carbocycles. The summed E-state index contributed by atoms with van der Waals surface area (Å²) in [4.78, 5) is 2.22. The van der Waals surface area contributed by atoms with E-state index in [4.69, 9.17) is 0 Å². The highest BCUT2D eigenvalue weighted by Crippen LogP contribution is 2.19. The summed E-state index contributed by atoms with van der Waals surface area (Å²) < 4.78 is 0. The summed E-state index contributed by atoms with van der Waals surface area (Å²) in [6, 6.07) is 0. The van der Waals surface area contributed by atoms with Crippen molar-refractivity contribution in [3.8, 4) is 0 Å². The van der Waals surface area contributed by atoms with Crippen LogP contribution in [0, 0.1) is 0 Å². The summed E-state index contributed by atoms with van der Waals surface area (Å²) in [5, 5.41) is 0. The first-order valence-electron chi connectivity index (χ1n) is 4.68. The SMILES string of the molecule is C[B]/C=C1/C=CC=C(C[B]C)N1C. The highest BCUT2D eigenvalue weighted by molar-refractivity contribution is 6.40. The quantitative estimate of drug-likeness (QED) is 0.587. The fraction of sp³-hybridized carbons (Fsp3) is 0.400. The molecule has 0 amide bonds. The Balaban J connectivity index is 2.74. The molecule has 13 heavy (non-hydrogen) atoms. The predicted octanol–water partition coefficient (Wildman–Crippen LogP) is 2.14. The lowest BCUT2D eigenvalue weighted by atomic mass is 9.75. The Morgan fingerprint density at radius 1 is 1.46 bits per heavy atom. The third kappa shape index (κ3) is 2.55. The summed E-state index contributed by atoms with van der Waals surface area (Å²) in [6.45, 7) is 4.13. The number of likely N-dealkylation sites (N-methyl/N-ethyl adjacent to an activating group) is 1. The Bertz CT molecular complexity index is 254. The monoisotopic (exact) mass is 171 g/mol. The first-order chi connectivity index (χ1) is 6.29. The van der Waals surface area contributed by atoms with Gasteiger partial charge in [-0.05, 0) is 18.5 Å². The van der Waals surface area contributed by atoms with Crippen LogP contribution in [-0.4, -0.2) is 26.5 Å². The van der Waals surface area contributed by atoms with Gasteiger partial charge in [0.15, 0.2) is 0 Å². The summed E-state index contributed by atoms with van der Waals surface area (Å²) in [5.74, 6) is 2.12. The second-order valence-electron chi connectivity index (χ2n) is 3.11. The van der Waals surface area contributed by atoms with Gasteiger partial charge < -0.3 is 4.90 Å². The largest absolute Gasteiger partial charge is 0.350 e. The van der Waals surface area contributed by atoms with Crippen LogP contribution in [0.2, 0.25) is 20.0 Å². The standard InChI is InChI=1S/C10H15B2N/c1-11-7-9-5-4-6-10(8-12-2)13(9)3/h4-7H,8H2,1-3H3/b9-7-. The van der Waals surface area contributed by atoms with Crippen LogP contribution in [0.15, 0.2) is 35.6 Å². The van der Waals surface area contributed by atoms with Gasteiger partial charge in [0.1, 0.15) is 14.6 Å². The van der Waals surface area contributed by atoms with E-state index in [2.05, 4.69) is 57.5 Å². The molecule has 66 valence electrons. The summed E-state index contributed by atoms with van der Waals surface area (Å²) >= 11 is 0. The highest BCUT2D eigenvalue weighted by Gasteiger charge is 2.08. The minimum absolute atomic E-state index is 1.03. The van der Waals surface area contributed by atoms with Gasteiger partial charge in [-0.2, -0.15) is 0 Å². The molecular weight excluding hydrogens is 156 g/mol. The second kappa shape index (κ2) is 5.00. The van der Waals surface area contributed by atoms with Gasteiger partial charge in [-0.25, -0.2) is 0 Å². The lowest BCUT2D eigenvalue weighted by Gasteiger charge is -2.26. The fourth-order valence-electron chi connectivity index (χ4n) is 1.40. The third-order valence-corrected chi connectivity index (χ3v) is 2.12.